The van der Waals surface area contributed by atoms with Crippen LogP contribution in [0.15, 0.2) is 0 Å². The van der Waals surface area contributed by atoms with Gasteiger partial charge >= 0.3 is 10.4 Å². The zero-order valence-corrected chi connectivity index (χ0v) is 9.65. The van der Waals surface area contributed by atoms with E-state index in [9.17, 15) is 18.6 Å². The molecule has 1 heterocycles. The van der Waals surface area contributed by atoms with Crippen LogP contribution in [0.2, 0.25) is 0 Å². The van der Waals surface area contributed by atoms with Gasteiger partial charge in [0.25, 0.3) is 0 Å². The van der Waals surface area contributed by atoms with Gasteiger partial charge in [-0.3, -0.25) is 4.55 Å². The minimum Gasteiger partial charge on any atom is -0.394 e. The molecule has 0 aliphatic carbocycles. The van der Waals surface area contributed by atoms with Crippen LogP contribution in [-0.2, 0) is 24.1 Å². The van der Waals surface area contributed by atoms with Gasteiger partial charge in [0, 0.05) is 7.11 Å². The quantitative estimate of drug-likeness (QED) is 0.401. The summed E-state index contributed by atoms with van der Waals surface area (Å²) in [7, 11) is -3.67. The predicted molar refractivity (Wildman–Crippen MR) is 51.2 cm³/mol. The lowest BCUT2D eigenvalue weighted by molar-refractivity contribution is -0.286. The van der Waals surface area contributed by atoms with Crippen molar-refractivity contribution in [2.75, 3.05) is 13.7 Å². The Hall–Kier alpha value is -0.330. The van der Waals surface area contributed by atoms with Gasteiger partial charge in [0.2, 0.25) is 0 Å². The molecule has 9 nitrogen and oxygen atoms in total. The Morgan fingerprint density at radius 2 is 1.88 bits per heavy atom. The Bertz CT molecular complexity index is 341. The standard InChI is InChI=1S/C7H14O9S/c1-14-6-4(9)7(10)15-3(2-8)5(6)16-17(11,12)13/h3-10H,2H2,1H3,(H,11,12,13)/t3-,4-,5+,6-,7-/m1/s1. The van der Waals surface area contributed by atoms with E-state index in [-0.39, 0.29) is 0 Å². The molecule has 4 N–H and O–H groups in total. The number of ether oxygens (including phenoxy) is 2. The third-order valence-corrected chi connectivity index (χ3v) is 2.78. The van der Waals surface area contributed by atoms with Crippen molar-refractivity contribution >= 4 is 10.4 Å². The molecule has 0 aromatic heterocycles. The van der Waals surface area contributed by atoms with Crippen LogP contribution in [0, 0.1) is 0 Å². The maximum atomic E-state index is 10.6. The highest BCUT2D eigenvalue weighted by Gasteiger charge is 2.47. The van der Waals surface area contributed by atoms with Crippen molar-refractivity contribution < 1.29 is 41.9 Å². The second-order valence-electron chi connectivity index (χ2n) is 3.43. The van der Waals surface area contributed by atoms with E-state index in [4.69, 9.17) is 19.1 Å². The lowest BCUT2D eigenvalue weighted by Gasteiger charge is -2.40. The average molecular weight is 274 g/mol. The summed E-state index contributed by atoms with van der Waals surface area (Å²) in [4.78, 5) is 0. The fourth-order valence-electron chi connectivity index (χ4n) is 1.58. The molecular formula is C7H14O9S. The second-order valence-corrected chi connectivity index (χ2v) is 4.48. The van der Waals surface area contributed by atoms with Crippen LogP contribution in [0.1, 0.15) is 0 Å². The Balaban J connectivity index is 2.93. The van der Waals surface area contributed by atoms with E-state index in [1.165, 1.54) is 0 Å². The van der Waals surface area contributed by atoms with Gasteiger partial charge in [0.1, 0.15) is 24.4 Å². The van der Waals surface area contributed by atoms with Gasteiger partial charge in [-0.1, -0.05) is 0 Å². The second kappa shape index (κ2) is 5.54. The Kier molecular flexibility index (Phi) is 4.80. The van der Waals surface area contributed by atoms with Gasteiger partial charge in [-0.05, 0) is 0 Å². The summed E-state index contributed by atoms with van der Waals surface area (Å²) in [5.74, 6) is 0. The Labute approximate surface area is 97.5 Å². The highest BCUT2D eigenvalue weighted by atomic mass is 32.3. The van der Waals surface area contributed by atoms with Crippen LogP contribution in [0.4, 0.5) is 0 Å². The van der Waals surface area contributed by atoms with Crippen molar-refractivity contribution in [1.29, 1.82) is 0 Å². The van der Waals surface area contributed by atoms with Crippen LogP contribution in [0.25, 0.3) is 0 Å². The number of aliphatic hydroxyl groups is 3. The average Bonchev–Trinajstić information content (AvgIpc) is 2.21. The largest absolute Gasteiger partial charge is 0.397 e. The zero-order valence-electron chi connectivity index (χ0n) is 8.83. The van der Waals surface area contributed by atoms with Crippen molar-refractivity contribution in [3.63, 3.8) is 0 Å². The van der Waals surface area contributed by atoms with E-state index in [0.717, 1.165) is 7.11 Å². The molecule has 0 amide bonds. The molecule has 0 unspecified atom stereocenters. The van der Waals surface area contributed by atoms with E-state index >= 15 is 0 Å². The number of methoxy groups -OCH3 is 1. The number of hydrogen-bond donors (Lipinski definition) is 4. The van der Waals surface area contributed by atoms with Gasteiger partial charge in [-0.2, -0.15) is 8.42 Å². The van der Waals surface area contributed by atoms with Crippen LogP contribution in [0.5, 0.6) is 0 Å². The molecule has 1 aliphatic rings. The van der Waals surface area contributed by atoms with E-state index in [2.05, 4.69) is 4.18 Å². The highest BCUT2D eigenvalue weighted by molar-refractivity contribution is 7.80. The zero-order chi connectivity index (χ0) is 13.2. The summed E-state index contributed by atoms with van der Waals surface area (Å²) >= 11 is 0. The summed E-state index contributed by atoms with van der Waals surface area (Å²) in [5.41, 5.74) is 0. The monoisotopic (exact) mass is 274 g/mol. The van der Waals surface area contributed by atoms with E-state index in [0.29, 0.717) is 0 Å². The molecule has 1 rings (SSSR count). The summed E-state index contributed by atoms with van der Waals surface area (Å²) in [6.07, 6.45) is -7.25. The van der Waals surface area contributed by atoms with Crippen molar-refractivity contribution in [1.82, 2.24) is 0 Å². The lowest BCUT2D eigenvalue weighted by Crippen LogP contribution is -2.60. The number of rotatable bonds is 4. The Morgan fingerprint density at radius 1 is 1.29 bits per heavy atom. The van der Waals surface area contributed by atoms with Crippen molar-refractivity contribution in [2.24, 2.45) is 0 Å². The molecule has 1 aliphatic heterocycles. The van der Waals surface area contributed by atoms with Crippen LogP contribution in [0.3, 0.4) is 0 Å². The van der Waals surface area contributed by atoms with Gasteiger partial charge in [0.05, 0.1) is 6.61 Å². The molecule has 10 heteroatoms. The first-order valence-electron chi connectivity index (χ1n) is 4.61. The predicted octanol–water partition coefficient (Wildman–Crippen LogP) is -2.74. The molecule has 0 aromatic carbocycles. The molecule has 1 fully saturated rings. The van der Waals surface area contributed by atoms with Crippen LogP contribution >= 0.6 is 0 Å². The topological polar surface area (TPSA) is 143 Å². The summed E-state index contributed by atoms with van der Waals surface area (Å²) in [6, 6.07) is 0. The van der Waals surface area contributed by atoms with E-state index in [1.807, 2.05) is 0 Å². The fourth-order valence-corrected chi connectivity index (χ4v) is 2.10. The minimum absolute atomic E-state index is 0.691. The SMILES string of the molecule is CO[C@@H]1[C@@H](O)[C@H](O)O[C@H](CO)[C@@H]1OS(=O)(=O)O. The van der Waals surface area contributed by atoms with E-state index < -0.39 is 47.7 Å². The van der Waals surface area contributed by atoms with Crippen LogP contribution < -0.4 is 0 Å². The molecule has 0 aromatic rings. The first-order valence-corrected chi connectivity index (χ1v) is 5.97. The van der Waals surface area contributed by atoms with Gasteiger partial charge in [0.15, 0.2) is 6.29 Å². The van der Waals surface area contributed by atoms with Crippen LogP contribution in [-0.4, -0.2) is 72.7 Å². The summed E-state index contributed by atoms with van der Waals surface area (Å²) in [5, 5.41) is 27.7. The van der Waals surface area contributed by atoms with E-state index in [1.54, 1.807) is 0 Å². The maximum Gasteiger partial charge on any atom is 0.397 e. The highest BCUT2D eigenvalue weighted by Crippen LogP contribution is 2.25. The van der Waals surface area contributed by atoms with Crippen molar-refractivity contribution in [3.05, 3.63) is 0 Å². The molecular weight excluding hydrogens is 260 g/mol. The molecule has 0 radical (unpaired) electrons. The van der Waals surface area contributed by atoms with Crippen molar-refractivity contribution in [2.45, 2.75) is 30.7 Å². The summed E-state index contributed by atoms with van der Waals surface area (Å²) < 4.78 is 43.5. The van der Waals surface area contributed by atoms with Gasteiger partial charge in [-0.15, -0.1) is 0 Å². The molecule has 0 spiro atoms. The maximum absolute atomic E-state index is 10.6. The lowest BCUT2D eigenvalue weighted by atomic mass is 9.99. The third-order valence-electron chi connectivity index (χ3n) is 2.32. The van der Waals surface area contributed by atoms with Gasteiger partial charge < -0.3 is 24.8 Å². The smallest absolute Gasteiger partial charge is 0.394 e. The first-order chi connectivity index (χ1) is 7.80. The fraction of sp³-hybridized carbons (Fsp3) is 1.00. The molecule has 0 bridgehead atoms. The molecule has 5 atom stereocenters. The Morgan fingerprint density at radius 3 is 2.29 bits per heavy atom. The van der Waals surface area contributed by atoms with Gasteiger partial charge in [-0.25, -0.2) is 4.18 Å². The summed E-state index contributed by atoms with van der Waals surface area (Å²) in [6.45, 7) is -0.691. The molecule has 0 saturated carbocycles. The number of aliphatic hydroxyl groups excluding tert-OH is 3. The first kappa shape index (κ1) is 14.7. The molecule has 1 saturated heterocycles. The third kappa shape index (κ3) is 3.56. The molecule has 102 valence electrons. The normalized spacial score (nSPS) is 39.2. The number of hydrogen-bond acceptors (Lipinski definition) is 8. The molecule has 17 heavy (non-hydrogen) atoms. The minimum atomic E-state index is -4.81. The van der Waals surface area contributed by atoms with Crippen molar-refractivity contribution in [3.8, 4) is 0 Å².